The number of rotatable bonds is 7. The lowest BCUT2D eigenvalue weighted by Gasteiger charge is -1.99. The van der Waals surface area contributed by atoms with Crippen molar-refractivity contribution in [2.75, 3.05) is 19.8 Å². The van der Waals surface area contributed by atoms with Crippen LogP contribution < -0.4 is 0 Å². The molecule has 0 aliphatic carbocycles. The van der Waals surface area contributed by atoms with Crippen LogP contribution in [0.2, 0.25) is 0 Å². The molecule has 0 spiro atoms. The van der Waals surface area contributed by atoms with Crippen LogP contribution in [0.5, 0.6) is 0 Å². The van der Waals surface area contributed by atoms with Crippen molar-refractivity contribution >= 4 is 0 Å². The Balaban J connectivity index is 1.70. The monoisotopic (exact) mass is 170 g/mol. The van der Waals surface area contributed by atoms with Gasteiger partial charge in [0.2, 0.25) is 0 Å². The highest BCUT2D eigenvalue weighted by molar-refractivity contribution is 4.76. The van der Waals surface area contributed by atoms with Crippen LogP contribution in [0.15, 0.2) is 12.2 Å². The van der Waals surface area contributed by atoms with E-state index in [0.29, 0.717) is 6.10 Å². The SMILES string of the molecule is CC=CCCCCOCC1CO1. The minimum atomic E-state index is 0.417. The second-order valence-electron chi connectivity index (χ2n) is 3.10. The van der Waals surface area contributed by atoms with E-state index in [-0.39, 0.29) is 0 Å². The molecule has 0 aromatic carbocycles. The van der Waals surface area contributed by atoms with Gasteiger partial charge in [-0.25, -0.2) is 0 Å². The largest absolute Gasteiger partial charge is 0.379 e. The van der Waals surface area contributed by atoms with Gasteiger partial charge in [0.15, 0.2) is 0 Å². The number of epoxide rings is 1. The molecule has 0 bridgehead atoms. The van der Waals surface area contributed by atoms with Gasteiger partial charge < -0.3 is 9.47 Å². The van der Waals surface area contributed by atoms with E-state index < -0.39 is 0 Å². The molecule has 0 N–H and O–H groups in total. The van der Waals surface area contributed by atoms with Crippen LogP contribution >= 0.6 is 0 Å². The maximum Gasteiger partial charge on any atom is 0.104 e. The molecule has 70 valence electrons. The van der Waals surface area contributed by atoms with Crippen molar-refractivity contribution in [3.05, 3.63) is 12.2 Å². The van der Waals surface area contributed by atoms with Crippen LogP contribution in [0, 0.1) is 0 Å². The number of unbranched alkanes of at least 4 members (excludes halogenated alkanes) is 2. The Labute approximate surface area is 74.6 Å². The zero-order valence-electron chi connectivity index (χ0n) is 7.79. The molecule has 1 aliphatic heterocycles. The summed E-state index contributed by atoms with van der Waals surface area (Å²) in [4.78, 5) is 0. The summed E-state index contributed by atoms with van der Waals surface area (Å²) in [6.07, 6.45) is 8.29. The van der Waals surface area contributed by atoms with E-state index in [1.807, 2.05) is 0 Å². The highest BCUT2D eigenvalue weighted by Gasteiger charge is 2.21. The zero-order chi connectivity index (χ0) is 8.65. The molecule has 1 atom stereocenters. The first-order valence-corrected chi connectivity index (χ1v) is 4.74. The Morgan fingerprint density at radius 1 is 1.50 bits per heavy atom. The van der Waals surface area contributed by atoms with Crippen LogP contribution in [-0.2, 0) is 9.47 Å². The Morgan fingerprint density at radius 2 is 2.33 bits per heavy atom. The summed E-state index contributed by atoms with van der Waals surface area (Å²) in [6, 6.07) is 0. The van der Waals surface area contributed by atoms with E-state index in [4.69, 9.17) is 9.47 Å². The molecule has 0 amide bonds. The number of hydrogen-bond donors (Lipinski definition) is 0. The molecule has 2 nitrogen and oxygen atoms in total. The molecule has 2 heteroatoms. The molecular formula is C10H18O2. The lowest BCUT2D eigenvalue weighted by molar-refractivity contribution is 0.113. The predicted octanol–water partition coefficient (Wildman–Crippen LogP) is 2.15. The first-order valence-electron chi connectivity index (χ1n) is 4.74. The molecule has 1 rings (SSSR count). The third-order valence-corrected chi connectivity index (χ3v) is 1.85. The molecule has 12 heavy (non-hydrogen) atoms. The fraction of sp³-hybridized carbons (Fsp3) is 0.800. The average molecular weight is 170 g/mol. The fourth-order valence-corrected chi connectivity index (χ4v) is 1.01. The summed E-state index contributed by atoms with van der Waals surface area (Å²) >= 11 is 0. The van der Waals surface area contributed by atoms with Crippen molar-refractivity contribution in [3.8, 4) is 0 Å². The van der Waals surface area contributed by atoms with Crippen molar-refractivity contribution < 1.29 is 9.47 Å². The molecule has 1 heterocycles. The lowest BCUT2D eigenvalue weighted by atomic mass is 10.2. The maximum absolute atomic E-state index is 5.39. The first kappa shape index (κ1) is 9.75. The third-order valence-electron chi connectivity index (χ3n) is 1.85. The molecule has 1 aliphatic rings. The summed E-state index contributed by atoms with van der Waals surface area (Å²) in [5.41, 5.74) is 0. The van der Waals surface area contributed by atoms with E-state index in [9.17, 15) is 0 Å². The van der Waals surface area contributed by atoms with E-state index in [0.717, 1.165) is 26.2 Å². The summed E-state index contributed by atoms with van der Waals surface area (Å²) in [5.74, 6) is 0. The number of hydrogen-bond acceptors (Lipinski definition) is 2. The average Bonchev–Trinajstić information content (AvgIpc) is 2.87. The van der Waals surface area contributed by atoms with Crippen LogP contribution in [0.4, 0.5) is 0 Å². The Kier molecular flexibility index (Phi) is 5.04. The van der Waals surface area contributed by atoms with Crippen molar-refractivity contribution in [1.82, 2.24) is 0 Å². The second-order valence-corrected chi connectivity index (χ2v) is 3.10. The predicted molar refractivity (Wildman–Crippen MR) is 49.2 cm³/mol. The smallest absolute Gasteiger partial charge is 0.104 e. The van der Waals surface area contributed by atoms with Gasteiger partial charge >= 0.3 is 0 Å². The van der Waals surface area contributed by atoms with E-state index in [1.54, 1.807) is 0 Å². The summed E-state index contributed by atoms with van der Waals surface area (Å²) in [5, 5.41) is 0. The van der Waals surface area contributed by atoms with E-state index >= 15 is 0 Å². The molecular weight excluding hydrogens is 152 g/mol. The van der Waals surface area contributed by atoms with Gasteiger partial charge in [-0.3, -0.25) is 0 Å². The molecule has 1 unspecified atom stereocenters. The number of ether oxygens (including phenoxy) is 2. The Hall–Kier alpha value is -0.340. The standard InChI is InChI=1S/C10H18O2/c1-2-3-4-5-6-7-11-8-10-9-12-10/h2-3,10H,4-9H2,1H3. The van der Waals surface area contributed by atoms with Crippen molar-refractivity contribution in [1.29, 1.82) is 0 Å². The molecule has 0 radical (unpaired) electrons. The van der Waals surface area contributed by atoms with Gasteiger partial charge in [0.1, 0.15) is 6.10 Å². The van der Waals surface area contributed by atoms with E-state index in [2.05, 4.69) is 19.1 Å². The molecule has 0 aromatic rings. The molecule has 1 fully saturated rings. The fourth-order valence-electron chi connectivity index (χ4n) is 1.01. The van der Waals surface area contributed by atoms with Gasteiger partial charge in [0, 0.05) is 6.61 Å². The van der Waals surface area contributed by atoms with Gasteiger partial charge in [0.25, 0.3) is 0 Å². The van der Waals surface area contributed by atoms with Crippen molar-refractivity contribution in [2.24, 2.45) is 0 Å². The third kappa shape index (κ3) is 5.33. The maximum atomic E-state index is 5.39. The first-order chi connectivity index (χ1) is 5.93. The summed E-state index contributed by atoms with van der Waals surface area (Å²) in [6.45, 7) is 4.64. The minimum absolute atomic E-state index is 0.417. The van der Waals surface area contributed by atoms with Gasteiger partial charge in [-0.05, 0) is 26.2 Å². The van der Waals surface area contributed by atoms with Gasteiger partial charge in [-0.1, -0.05) is 12.2 Å². The highest BCUT2D eigenvalue weighted by Crippen LogP contribution is 2.08. The Bertz CT molecular complexity index is 128. The normalized spacial score (nSPS) is 21.9. The Morgan fingerprint density at radius 3 is 3.00 bits per heavy atom. The van der Waals surface area contributed by atoms with Gasteiger partial charge in [0.05, 0.1) is 13.2 Å². The van der Waals surface area contributed by atoms with Crippen LogP contribution in [0.25, 0.3) is 0 Å². The van der Waals surface area contributed by atoms with Crippen LogP contribution in [-0.4, -0.2) is 25.9 Å². The molecule has 1 saturated heterocycles. The minimum Gasteiger partial charge on any atom is -0.379 e. The van der Waals surface area contributed by atoms with Crippen molar-refractivity contribution in [3.63, 3.8) is 0 Å². The van der Waals surface area contributed by atoms with Gasteiger partial charge in [-0.2, -0.15) is 0 Å². The molecule has 0 saturated carbocycles. The molecule has 0 aromatic heterocycles. The second kappa shape index (κ2) is 6.21. The van der Waals surface area contributed by atoms with E-state index in [1.165, 1.54) is 12.8 Å². The van der Waals surface area contributed by atoms with Gasteiger partial charge in [-0.15, -0.1) is 0 Å². The summed E-state index contributed by atoms with van der Waals surface area (Å²) < 4.78 is 10.4. The van der Waals surface area contributed by atoms with Crippen LogP contribution in [0.3, 0.4) is 0 Å². The highest BCUT2D eigenvalue weighted by atomic mass is 16.6. The topological polar surface area (TPSA) is 21.8 Å². The quantitative estimate of drug-likeness (QED) is 0.332. The lowest BCUT2D eigenvalue weighted by Crippen LogP contribution is -2.02. The number of allylic oxidation sites excluding steroid dienone is 2. The van der Waals surface area contributed by atoms with Crippen molar-refractivity contribution in [2.45, 2.75) is 32.3 Å². The zero-order valence-corrected chi connectivity index (χ0v) is 7.79. The van der Waals surface area contributed by atoms with Crippen LogP contribution in [0.1, 0.15) is 26.2 Å². The summed E-state index contributed by atoms with van der Waals surface area (Å²) in [7, 11) is 0.